The predicted molar refractivity (Wildman–Crippen MR) is 121 cm³/mol. The summed E-state index contributed by atoms with van der Waals surface area (Å²) in [6.07, 6.45) is 0. The zero-order chi connectivity index (χ0) is 21.1. The van der Waals surface area contributed by atoms with E-state index in [9.17, 15) is 9.59 Å². The lowest BCUT2D eigenvalue weighted by Crippen LogP contribution is -2.30. The Kier molecular flexibility index (Phi) is 5.59. The molecule has 0 aliphatic rings. The van der Waals surface area contributed by atoms with Crippen LogP contribution in [0.2, 0.25) is 0 Å². The minimum atomic E-state index is -0.182. The lowest BCUT2D eigenvalue weighted by molar-refractivity contribution is 0.0730. The summed E-state index contributed by atoms with van der Waals surface area (Å²) in [6, 6.07) is 24.9. The summed E-state index contributed by atoms with van der Waals surface area (Å²) in [4.78, 5) is 30.7. The van der Waals surface area contributed by atoms with Crippen molar-refractivity contribution < 1.29 is 4.79 Å². The Morgan fingerprint density at radius 3 is 2.07 bits per heavy atom. The van der Waals surface area contributed by atoms with Gasteiger partial charge in [-0.15, -0.1) is 0 Å². The highest BCUT2D eigenvalue weighted by molar-refractivity contribution is 7.71. The summed E-state index contributed by atoms with van der Waals surface area (Å²) in [5.41, 5.74) is 2.99. The van der Waals surface area contributed by atoms with Crippen molar-refractivity contribution in [2.24, 2.45) is 7.05 Å². The highest BCUT2D eigenvalue weighted by atomic mass is 32.1. The average molecular weight is 416 g/mol. The van der Waals surface area contributed by atoms with E-state index in [2.05, 4.69) is 4.98 Å². The summed E-state index contributed by atoms with van der Waals surface area (Å²) in [5.74, 6) is -0.107. The number of amides is 1. The number of carbonyl (C=O) groups excluding carboxylic acids is 1. The largest absolute Gasteiger partial charge is 0.332 e. The van der Waals surface area contributed by atoms with Crippen LogP contribution >= 0.6 is 12.2 Å². The Labute approximate surface area is 179 Å². The second-order valence-corrected chi connectivity index (χ2v) is 7.57. The highest BCUT2D eigenvalue weighted by Crippen LogP contribution is 2.17. The van der Waals surface area contributed by atoms with Crippen molar-refractivity contribution >= 4 is 29.0 Å². The van der Waals surface area contributed by atoms with Gasteiger partial charge in [-0.3, -0.25) is 14.2 Å². The first-order valence-electron chi connectivity index (χ1n) is 9.63. The van der Waals surface area contributed by atoms with Crippen LogP contribution in [-0.4, -0.2) is 20.4 Å². The summed E-state index contributed by atoms with van der Waals surface area (Å²) >= 11 is 5.21. The molecule has 1 amide bonds. The van der Waals surface area contributed by atoms with Gasteiger partial charge in [0.05, 0.1) is 10.9 Å². The maximum atomic E-state index is 13.4. The predicted octanol–water partition coefficient (Wildman–Crippen LogP) is 4.44. The van der Waals surface area contributed by atoms with E-state index in [0.717, 1.165) is 11.1 Å². The molecule has 0 bridgehead atoms. The van der Waals surface area contributed by atoms with E-state index in [-0.39, 0.29) is 11.5 Å². The molecule has 4 aromatic rings. The van der Waals surface area contributed by atoms with Gasteiger partial charge < -0.3 is 9.88 Å². The van der Waals surface area contributed by atoms with E-state index in [1.807, 2.05) is 65.6 Å². The smallest absolute Gasteiger partial charge is 0.261 e. The zero-order valence-electron chi connectivity index (χ0n) is 16.5. The Morgan fingerprint density at radius 1 is 0.933 bits per heavy atom. The van der Waals surface area contributed by atoms with Gasteiger partial charge in [0.2, 0.25) is 0 Å². The molecule has 150 valence electrons. The molecule has 0 aliphatic carbocycles. The van der Waals surface area contributed by atoms with E-state index in [4.69, 9.17) is 12.2 Å². The maximum Gasteiger partial charge on any atom is 0.261 e. The summed E-state index contributed by atoms with van der Waals surface area (Å²) < 4.78 is 1.71. The first kappa shape index (κ1) is 19.8. The van der Waals surface area contributed by atoms with Crippen LogP contribution in [-0.2, 0) is 20.1 Å². The molecular weight excluding hydrogens is 394 g/mol. The van der Waals surface area contributed by atoms with Crippen LogP contribution in [0.1, 0.15) is 21.5 Å². The van der Waals surface area contributed by atoms with Crippen LogP contribution in [0.3, 0.4) is 0 Å². The average Bonchev–Trinajstić information content (AvgIpc) is 2.78. The van der Waals surface area contributed by atoms with E-state index >= 15 is 0 Å². The number of nitrogens with zero attached hydrogens (tertiary/aromatic N) is 2. The molecule has 1 heterocycles. The molecule has 0 saturated heterocycles. The summed E-state index contributed by atoms with van der Waals surface area (Å²) in [7, 11) is 1.63. The fourth-order valence-corrected chi connectivity index (χ4v) is 3.62. The molecule has 1 aromatic heterocycles. The number of nitrogens with one attached hydrogen (secondary N) is 1. The third kappa shape index (κ3) is 4.09. The van der Waals surface area contributed by atoms with Crippen molar-refractivity contribution in [3.05, 3.63) is 111 Å². The fraction of sp³-hybridized carbons (Fsp3) is 0.125. The van der Waals surface area contributed by atoms with Gasteiger partial charge in [-0.05, 0) is 41.5 Å². The molecular formula is C24H21N3O2S. The van der Waals surface area contributed by atoms with Crippen molar-refractivity contribution in [1.29, 1.82) is 0 Å². The Hall–Kier alpha value is -3.51. The minimum Gasteiger partial charge on any atom is -0.332 e. The van der Waals surface area contributed by atoms with Crippen LogP contribution in [0, 0.1) is 4.77 Å². The first-order valence-corrected chi connectivity index (χ1v) is 10.0. The van der Waals surface area contributed by atoms with Crippen LogP contribution < -0.4 is 5.56 Å². The molecule has 0 fully saturated rings. The molecule has 0 saturated carbocycles. The quantitative estimate of drug-likeness (QED) is 0.490. The van der Waals surface area contributed by atoms with Gasteiger partial charge in [-0.25, -0.2) is 0 Å². The van der Waals surface area contributed by atoms with Gasteiger partial charge >= 0.3 is 0 Å². The summed E-state index contributed by atoms with van der Waals surface area (Å²) in [6.45, 7) is 0.971. The van der Waals surface area contributed by atoms with E-state index in [0.29, 0.717) is 34.3 Å². The van der Waals surface area contributed by atoms with Gasteiger partial charge in [0.15, 0.2) is 4.77 Å². The molecule has 3 aromatic carbocycles. The van der Waals surface area contributed by atoms with Gasteiger partial charge in [0, 0.05) is 25.7 Å². The molecule has 0 aliphatic heterocycles. The number of aromatic amines is 1. The van der Waals surface area contributed by atoms with Gasteiger partial charge in [-0.1, -0.05) is 60.7 Å². The molecule has 0 atom stereocenters. The number of hydrogen-bond acceptors (Lipinski definition) is 3. The van der Waals surface area contributed by atoms with Crippen molar-refractivity contribution in [2.75, 3.05) is 0 Å². The van der Waals surface area contributed by atoms with Crippen molar-refractivity contribution in [1.82, 2.24) is 14.5 Å². The lowest BCUT2D eigenvalue weighted by atomic mass is 10.1. The van der Waals surface area contributed by atoms with E-state index < -0.39 is 0 Å². The van der Waals surface area contributed by atoms with E-state index in [1.54, 1.807) is 25.2 Å². The number of aromatic nitrogens is 2. The second kappa shape index (κ2) is 8.47. The summed E-state index contributed by atoms with van der Waals surface area (Å²) in [5, 5.41) is 0.500. The van der Waals surface area contributed by atoms with Crippen LogP contribution in [0.5, 0.6) is 0 Å². The number of hydrogen-bond donors (Lipinski definition) is 1. The standard InChI is InChI=1S/C24H21N3O2S/c1-26-23(29)20-13-12-19(14-21(20)25-24(26)30)22(28)27(15-17-8-4-2-5-9-17)16-18-10-6-3-7-11-18/h2-14H,15-16H2,1H3,(H,25,30). The monoisotopic (exact) mass is 415 g/mol. The lowest BCUT2D eigenvalue weighted by Gasteiger charge is -2.23. The molecule has 1 N–H and O–H groups in total. The first-order chi connectivity index (χ1) is 14.5. The zero-order valence-corrected chi connectivity index (χ0v) is 17.4. The number of carbonyl (C=O) groups is 1. The topological polar surface area (TPSA) is 58.1 Å². The maximum absolute atomic E-state index is 13.4. The fourth-order valence-electron chi connectivity index (χ4n) is 3.43. The molecule has 4 rings (SSSR count). The van der Waals surface area contributed by atoms with Gasteiger partial charge in [0.25, 0.3) is 11.5 Å². The normalized spacial score (nSPS) is 10.8. The number of rotatable bonds is 5. The van der Waals surface area contributed by atoms with Crippen molar-refractivity contribution in [3.63, 3.8) is 0 Å². The third-order valence-corrected chi connectivity index (χ3v) is 5.44. The molecule has 0 spiro atoms. The number of benzene rings is 3. The Bertz CT molecular complexity index is 1270. The van der Waals surface area contributed by atoms with E-state index in [1.165, 1.54) is 4.57 Å². The van der Waals surface area contributed by atoms with Gasteiger partial charge in [-0.2, -0.15) is 0 Å². The Balaban J connectivity index is 1.72. The molecule has 5 nitrogen and oxygen atoms in total. The van der Waals surface area contributed by atoms with Crippen LogP contribution in [0.15, 0.2) is 83.7 Å². The SMILES string of the molecule is Cn1c(=S)[nH]c2cc(C(=O)N(Cc3ccccc3)Cc3ccccc3)ccc2c1=O. The second-order valence-electron chi connectivity index (χ2n) is 7.19. The van der Waals surface area contributed by atoms with Crippen LogP contribution in [0.4, 0.5) is 0 Å². The number of fused-ring (bicyclic) bond motifs is 1. The molecule has 0 unspecified atom stereocenters. The van der Waals surface area contributed by atoms with Crippen molar-refractivity contribution in [3.8, 4) is 0 Å². The molecule has 30 heavy (non-hydrogen) atoms. The molecule has 0 radical (unpaired) electrons. The van der Waals surface area contributed by atoms with Gasteiger partial charge in [0.1, 0.15) is 0 Å². The highest BCUT2D eigenvalue weighted by Gasteiger charge is 2.18. The minimum absolute atomic E-state index is 0.107. The Morgan fingerprint density at radius 2 is 1.50 bits per heavy atom. The van der Waals surface area contributed by atoms with Crippen molar-refractivity contribution in [2.45, 2.75) is 13.1 Å². The van der Waals surface area contributed by atoms with Crippen LogP contribution in [0.25, 0.3) is 10.9 Å². The third-order valence-electron chi connectivity index (χ3n) is 5.07. The number of H-pyrrole nitrogens is 1. The molecule has 6 heteroatoms.